The van der Waals surface area contributed by atoms with E-state index in [0.717, 1.165) is 33.1 Å². The Labute approximate surface area is 204 Å². The molecule has 0 amide bonds. The molecule has 10 nitrogen and oxygen atoms in total. The molecule has 0 unspecified atom stereocenters. The van der Waals surface area contributed by atoms with Gasteiger partial charge in [0.1, 0.15) is 11.6 Å². The van der Waals surface area contributed by atoms with Gasteiger partial charge in [0.2, 0.25) is 0 Å². The number of anilines is 2. The fraction of sp³-hybridized carbons (Fsp3) is 0.0769. The minimum absolute atomic E-state index is 0.0731. The number of methoxy groups -OCH3 is 1. The molecule has 10 heteroatoms. The van der Waals surface area contributed by atoms with E-state index >= 15 is 0 Å². The van der Waals surface area contributed by atoms with Crippen LogP contribution < -0.4 is 10.1 Å². The number of H-pyrrole nitrogens is 2. The maximum atomic E-state index is 12.9. The van der Waals surface area contributed by atoms with Crippen LogP contribution in [0.4, 0.5) is 11.5 Å². The first kappa shape index (κ1) is 21.4. The topological polar surface area (TPSA) is 134 Å². The van der Waals surface area contributed by atoms with Gasteiger partial charge in [-0.25, -0.2) is 9.97 Å². The Morgan fingerprint density at radius 3 is 2.81 bits per heavy atom. The van der Waals surface area contributed by atoms with Gasteiger partial charge in [-0.05, 0) is 36.4 Å². The summed E-state index contributed by atoms with van der Waals surface area (Å²) in [5, 5.41) is 19.9. The van der Waals surface area contributed by atoms with Gasteiger partial charge in [-0.15, -0.1) is 0 Å². The normalized spacial score (nSPS) is 11.1. The third-order valence-corrected chi connectivity index (χ3v) is 5.89. The van der Waals surface area contributed by atoms with E-state index in [0.29, 0.717) is 28.6 Å². The Morgan fingerprint density at radius 1 is 0.972 bits per heavy atom. The lowest BCUT2D eigenvalue weighted by molar-refractivity contribution is 0.0988. The van der Waals surface area contributed by atoms with Crippen molar-refractivity contribution < 1.29 is 9.53 Å². The number of hydrogen-bond donors (Lipinski definition) is 3. The molecule has 6 rings (SSSR count). The van der Waals surface area contributed by atoms with Crippen molar-refractivity contribution in [2.45, 2.75) is 6.42 Å². The Hall–Kier alpha value is -5.12. The van der Waals surface area contributed by atoms with Crippen molar-refractivity contribution in [2.75, 3.05) is 12.4 Å². The predicted octanol–water partition coefficient (Wildman–Crippen LogP) is 4.47. The molecule has 0 fully saturated rings. The summed E-state index contributed by atoms with van der Waals surface area (Å²) in [6.07, 6.45) is 6.69. The van der Waals surface area contributed by atoms with Crippen molar-refractivity contribution >= 4 is 39.1 Å². The minimum atomic E-state index is -0.0731. The number of carbonyl (C=O) groups excluding carboxylic acids is 1. The number of rotatable bonds is 7. The van der Waals surface area contributed by atoms with Gasteiger partial charge in [0.25, 0.3) is 0 Å². The van der Waals surface area contributed by atoms with Gasteiger partial charge in [0.05, 0.1) is 36.9 Å². The number of ether oxygens (including phenoxy) is 1. The highest BCUT2D eigenvalue weighted by atomic mass is 16.5. The van der Waals surface area contributed by atoms with Crippen LogP contribution in [-0.4, -0.2) is 48.2 Å². The molecule has 0 radical (unpaired) electrons. The summed E-state index contributed by atoms with van der Waals surface area (Å²) in [7, 11) is 1.54. The molecule has 2 aromatic carbocycles. The molecule has 0 bridgehead atoms. The summed E-state index contributed by atoms with van der Waals surface area (Å²) < 4.78 is 5.28. The molecule has 176 valence electrons. The standard InChI is InChI=1S/C26H20N8O2/c1-36-24-14-29-28-13-18(24)11-23(35)22-9-15-2-3-16(10-21(15)32-22)26-27-7-6-25(33-26)31-19-4-5-20-17(8-19)12-30-34-20/h2-10,12-14,32H,11H2,1H3,(H,30,34)(H,27,31,33). The number of benzene rings is 2. The van der Waals surface area contributed by atoms with E-state index in [2.05, 4.69) is 40.7 Å². The molecule has 0 atom stereocenters. The van der Waals surface area contributed by atoms with Crippen molar-refractivity contribution in [1.82, 2.24) is 35.3 Å². The van der Waals surface area contributed by atoms with Crippen LogP contribution >= 0.6 is 0 Å². The molecule has 0 spiro atoms. The van der Waals surface area contributed by atoms with E-state index in [-0.39, 0.29) is 12.2 Å². The Bertz CT molecular complexity index is 1720. The van der Waals surface area contributed by atoms with Gasteiger partial charge in [-0.2, -0.15) is 15.3 Å². The van der Waals surface area contributed by atoms with Crippen molar-refractivity contribution in [3.05, 3.63) is 84.6 Å². The average Bonchev–Trinajstić information content (AvgIpc) is 3.55. The highest BCUT2D eigenvalue weighted by molar-refractivity contribution is 6.01. The van der Waals surface area contributed by atoms with Crippen LogP contribution in [0.15, 0.2) is 73.3 Å². The first-order chi connectivity index (χ1) is 17.7. The van der Waals surface area contributed by atoms with Crippen LogP contribution in [-0.2, 0) is 6.42 Å². The zero-order chi connectivity index (χ0) is 24.5. The molecular formula is C26H20N8O2. The maximum Gasteiger partial charge on any atom is 0.183 e. The number of carbonyl (C=O) groups is 1. The largest absolute Gasteiger partial charge is 0.495 e. The molecule has 0 saturated carbocycles. The van der Waals surface area contributed by atoms with Crippen molar-refractivity contribution in [3.63, 3.8) is 0 Å². The highest BCUT2D eigenvalue weighted by Gasteiger charge is 2.15. The van der Waals surface area contributed by atoms with Crippen molar-refractivity contribution in [3.8, 4) is 17.1 Å². The number of hydrogen-bond acceptors (Lipinski definition) is 8. The smallest absolute Gasteiger partial charge is 0.183 e. The molecule has 6 aromatic rings. The number of fused-ring (bicyclic) bond motifs is 2. The second-order valence-corrected chi connectivity index (χ2v) is 8.23. The van der Waals surface area contributed by atoms with Crippen LogP contribution in [0, 0.1) is 0 Å². The number of nitrogens with zero attached hydrogens (tertiary/aromatic N) is 5. The summed E-state index contributed by atoms with van der Waals surface area (Å²) in [5.74, 6) is 1.70. The molecule has 36 heavy (non-hydrogen) atoms. The van der Waals surface area contributed by atoms with Crippen molar-refractivity contribution in [2.24, 2.45) is 0 Å². The van der Waals surface area contributed by atoms with Gasteiger partial charge >= 0.3 is 0 Å². The Balaban J connectivity index is 1.25. The lowest BCUT2D eigenvalue weighted by atomic mass is 10.1. The van der Waals surface area contributed by atoms with Gasteiger partial charge in [0, 0.05) is 45.7 Å². The zero-order valence-corrected chi connectivity index (χ0v) is 19.2. The van der Waals surface area contributed by atoms with Crippen LogP contribution in [0.5, 0.6) is 5.75 Å². The Kier molecular flexibility index (Phi) is 5.30. The van der Waals surface area contributed by atoms with E-state index in [1.165, 1.54) is 6.20 Å². The molecule has 0 aliphatic carbocycles. The predicted molar refractivity (Wildman–Crippen MR) is 135 cm³/mol. The number of nitrogens with one attached hydrogen (secondary N) is 3. The zero-order valence-electron chi connectivity index (χ0n) is 19.2. The van der Waals surface area contributed by atoms with Gasteiger partial charge in [-0.1, -0.05) is 12.1 Å². The molecule has 4 heterocycles. The summed E-state index contributed by atoms with van der Waals surface area (Å²) in [4.78, 5) is 25.3. The van der Waals surface area contributed by atoms with Crippen LogP contribution in [0.3, 0.4) is 0 Å². The molecule has 4 aromatic heterocycles. The summed E-state index contributed by atoms with van der Waals surface area (Å²) in [5.41, 5.74) is 4.71. The van der Waals surface area contributed by atoms with Crippen molar-refractivity contribution in [1.29, 1.82) is 0 Å². The number of ketones is 1. The summed E-state index contributed by atoms with van der Waals surface area (Å²) in [6.45, 7) is 0. The molecule has 0 saturated heterocycles. The van der Waals surface area contributed by atoms with Crippen LogP contribution in [0.1, 0.15) is 16.1 Å². The molecule has 3 N–H and O–H groups in total. The second-order valence-electron chi connectivity index (χ2n) is 8.23. The lowest BCUT2D eigenvalue weighted by Gasteiger charge is -2.07. The van der Waals surface area contributed by atoms with E-state index < -0.39 is 0 Å². The van der Waals surface area contributed by atoms with E-state index in [1.807, 2.05) is 48.5 Å². The number of aromatic amines is 2. The maximum absolute atomic E-state index is 12.9. The van der Waals surface area contributed by atoms with E-state index in [9.17, 15) is 4.79 Å². The number of Topliss-reactive ketones (excluding diaryl/α,β-unsaturated/α-hetero) is 1. The van der Waals surface area contributed by atoms with Crippen LogP contribution in [0.2, 0.25) is 0 Å². The third kappa shape index (κ3) is 4.11. The molecule has 0 aliphatic rings. The average molecular weight is 477 g/mol. The highest BCUT2D eigenvalue weighted by Crippen LogP contribution is 2.26. The van der Waals surface area contributed by atoms with Gasteiger partial charge in [-0.3, -0.25) is 9.89 Å². The SMILES string of the molecule is COc1cnncc1CC(=O)c1cc2ccc(-c3nccc(Nc4ccc5[nH]ncc5c4)n3)cc2[nH]1. The van der Waals surface area contributed by atoms with Crippen LogP contribution in [0.25, 0.3) is 33.2 Å². The second kappa shape index (κ2) is 8.91. The van der Waals surface area contributed by atoms with Gasteiger partial charge < -0.3 is 15.0 Å². The fourth-order valence-corrected chi connectivity index (χ4v) is 4.07. The molecular weight excluding hydrogens is 456 g/mol. The van der Waals surface area contributed by atoms with E-state index in [4.69, 9.17) is 4.74 Å². The van der Waals surface area contributed by atoms with Gasteiger partial charge in [0.15, 0.2) is 11.6 Å². The first-order valence-corrected chi connectivity index (χ1v) is 11.2. The lowest BCUT2D eigenvalue weighted by Crippen LogP contribution is -2.06. The quantitative estimate of drug-likeness (QED) is 0.287. The number of aromatic nitrogens is 7. The van der Waals surface area contributed by atoms with E-state index in [1.54, 1.807) is 25.7 Å². The minimum Gasteiger partial charge on any atom is -0.495 e. The first-order valence-electron chi connectivity index (χ1n) is 11.2. The molecule has 0 aliphatic heterocycles. The Morgan fingerprint density at radius 2 is 1.89 bits per heavy atom. The monoisotopic (exact) mass is 476 g/mol. The summed E-state index contributed by atoms with van der Waals surface area (Å²) in [6, 6.07) is 15.4. The fourth-order valence-electron chi connectivity index (χ4n) is 4.07. The summed E-state index contributed by atoms with van der Waals surface area (Å²) >= 11 is 0. The third-order valence-electron chi connectivity index (χ3n) is 5.89.